The lowest BCUT2D eigenvalue weighted by Gasteiger charge is -2.32. The molecule has 4 rings (SSSR count). The van der Waals surface area contributed by atoms with E-state index < -0.39 is 28.5 Å². The summed E-state index contributed by atoms with van der Waals surface area (Å²) in [6.07, 6.45) is 3.92. The Hall–Kier alpha value is -3.07. The molecule has 1 saturated carbocycles. The molecule has 0 bridgehead atoms. The van der Waals surface area contributed by atoms with E-state index in [0.29, 0.717) is 0 Å². The number of nitrogens with one attached hydrogen (secondary N) is 1. The SMILES string of the molecule is Cc1ccc(S(=O)(=O)N(CC(=O)N(Cc2cccc(C)c2)C(C)C(=O)NC2CCCC2)c2cc(Cl)cc(Cl)c2)cc1. The Balaban J connectivity index is 1.71. The van der Waals surface area contributed by atoms with E-state index in [1.165, 1.54) is 35.2 Å². The third-order valence-corrected chi connectivity index (χ3v) is 9.55. The van der Waals surface area contributed by atoms with Crippen LogP contribution in [-0.4, -0.2) is 43.8 Å². The molecule has 218 valence electrons. The average molecular weight is 617 g/mol. The summed E-state index contributed by atoms with van der Waals surface area (Å²) in [5, 5.41) is 3.53. The molecule has 3 aromatic rings. The van der Waals surface area contributed by atoms with Crippen LogP contribution in [0.3, 0.4) is 0 Å². The highest BCUT2D eigenvalue weighted by Crippen LogP contribution is 2.30. The predicted molar refractivity (Wildman–Crippen MR) is 164 cm³/mol. The zero-order chi connectivity index (χ0) is 29.7. The van der Waals surface area contributed by atoms with E-state index in [1.54, 1.807) is 19.1 Å². The van der Waals surface area contributed by atoms with E-state index in [-0.39, 0.29) is 39.1 Å². The molecule has 1 N–H and O–H groups in total. The van der Waals surface area contributed by atoms with Crippen molar-refractivity contribution in [1.82, 2.24) is 10.2 Å². The second-order valence-corrected chi connectivity index (χ2v) is 13.4. The lowest BCUT2D eigenvalue weighted by molar-refractivity contribution is -0.139. The van der Waals surface area contributed by atoms with Crippen molar-refractivity contribution in [2.24, 2.45) is 0 Å². The van der Waals surface area contributed by atoms with E-state index >= 15 is 0 Å². The van der Waals surface area contributed by atoms with Gasteiger partial charge in [-0.15, -0.1) is 0 Å². The highest BCUT2D eigenvalue weighted by Gasteiger charge is 2.33. The number of carbonyl (C=O) groups excluding carboxylic acids is 2. The van der Waals surface area contributed by atoms with Crippen LogP contribution in [-0.2, 0) is 26.2 Å². The molecule has 10 heteroatoms. The van der Waals surface area contributed by atoms with Gasteiger partial charge in [-0.25, -0.2) is 8.42 Å². The molecular weight excluding hydrogens is 581 g/mol. The number of carbonyl (C=O) groups is 2. The van der Waals surface area contributed by atoms with Crippen molar-refractivity contribution in [3.05, 3.63) is 93.5 Å². The summed E-state index contributed by atoms with van der Waals surface area (Å²) >= 11 is 12.5. The zero-order valence-electron chi connectivity index (χ0n) is 23.4. The first-order valence-electron chi connectivity index (χ1n) is 13.6. The van der Waals surface area contributed by atoms with Gasteiger partial charge in [-0.2, -0.15) is 0 Å². The number of amides is 2. The maximum atomic E-state index is 14.1. The molecule has 41 heavy (non-hydrogen) atoms. The van der Waals surface area contributed by atoms with Gasteiger partial charge in [-0.3, -0.25) is 13.9 Å². The van der Waals surface area contributed by atoms with Gasteiger partial charge in [-0.1, -0.05) is 83.6 Å². The second-order valence-electron chi connectivity index (χ2n) is 10.6. The van der Waals surface area contributed by atoms with Crippen LogP contribution in [0.1, 0.15) is 49.3 Å². The van der Waals surface area contributed by atoms with Crippen LogP contribution in [0.5, 0.6) is 0 Å². The minimum absolute atomic E-state index is 0.0178. The summed E-state index contributed by atoms with van der Waals surface area (Å²) in [6.45, 7) is 5.06. The standard InChI is InChI=1S/C31H35Cl2N3O4S/c1-21-11-13-29(14-12-21)41(39,40)36(28-17-25(32)16-26(33)18-28)20-30(37)35(19-24-8-6-7-22(2)15-24)23(3)31(38)34-27-9-4-5-10-27/h6-8,11-18,23,27H,4-5,9-10,19-20H2,1-3H3,(H,34,38). The summed E-state index contributed by atoms with van der Waals surface area (Å²) in [5.41, 5.74) is 2.88. The quantitative estimate of drug-likeness (QED) is 0.291. The number of halogens is 2. The topological polar surface area (TPSA) is 86.8 Å². The van der Waals surface area contributed by atoms with Crippen molar-refractivity contribution in [2.45, 2.75) is 70.0 Å². The van der Waals surface area contributed by atoms with Gasteiger partial charge in [0.25, 0.3) is 10.0 Å². The third-order valence-electron chi connectivity index (χ3n) is 7.33. The summed E-state index contributed by atoms with van der Waals surface area (Å²) in [7, 11) is -4.21. The molecule has 0 heterocycles. The van der Waals surface area contributed by atoms with Crippen LogP contribution in [0.4, 0.5) is 5.69 Å². The number of nitrogens with zero attached hydrogens (tertiary/aromatic N) is 2. The number of hydrogen-bond donors (Lipinski definition) is 1. The average Bonchev–Trinajstić information content (AvgIpc) is 3.42. The van der Waals surface area contributed by atoms with Crippen LogP contribution in [0.25, 0.3) is 0 Å². The monoisotopic (exact) mass is 615 g/mol. The van der Waals surface area contributed by atoms with Gasteiger partial charge in [-0.05, 0) is 69.5 Å². The first-order valence-corrected chi connectivity index (χ1v) is 15.8. The highest BCUT2D eigenvalue weighted by molar-refractivity contribution is 7.92. The fourth-order valence-corrected chi connectivity index (χ4v) is 6.94. The molecule has 2 amide bonds. The van der Waals surface area contributed by atoms with Gasteiger partial charge >= 0.3 is 0 Å². The van der Waals surface area contributed by atoms with Crippen molar-refractivity contribution in [3.63, 3.8) is 0 Å². The molecule has 0 radical (unpaired) electrons. The molecule has 1 aliphatic carbocycles. The highest BCUT2D eigenvalue weighted by atomic mass is 35.5. The molecule has 1 unspecified atom stereocenters. The van der Waals surface area contributed by atoms with Crippen LogP contribution >= 0.6 is 23.2 Å². The lowest BCUT2D eigenvalue weighted by atomic mass is 10.1. The fourth-order valence-electron chi connectivity index (χ4n) is 5.03. The minimum atomic E-state index is -4.21. The Bertz CT molecular complexity index is 1490. The molecule has 1 aliphatic rings. The fraction of sp³-hybridized carbons (Fsp3) is 0.355. The number of anilines is 1. The van der Waals surface area contributed by atoms with Gasteiger partial charge in [0.1, 0.15) is 12.6 Å². The smallest absolute Gasteiger partial charge is 0.264 e. The van der Waals surface area contributed by atoms with Gasteiger partial charge in [0, 0.05) is 22.6 Å². The van der Waals surface area contributed by atoms with Gasteiger partial charge < -0.3 is 10.2 Å². The van der Waals surface area contributed by atoms with Crippen molar-refractivity contribution < 1.29 is 18.0 Å². The van der Waals surface area contributed by atoms with Gasteiger partial charge in [0.05, 0.1) is 10.6 Å². The third kappa shape index (κ3) is 7.82. The maximum Gasteiger partial charge on any atom is 0.264 e. The number of benzene rings is 3. The Morgan fingerprint density at radius 2 is 1.56 bits per heavy atom. The second kappa shape index (κ2) is 13.3. The molecule has 7 nitrogen and oxygen atoms in total. The number of aryl methyl sites for hydroxylation is 2. The summed E-state index contributed by atoms with van der Waals surface area (Å²) in [5.74, 6) is -0.802. The zero-order valence-corrected chi connectivity index (χ0v) is 25.8. The molecule has 0 aromatic heterocycles. The van der Waals surface area contributed by atoms with Crippen LogP contribution in [0, 0.1) is 13.8 Å². The van der Waals surface area contributed by atoms with E-state index in [1.807, 2.05) is 38.1 Å². The molecular formula is C31H35Cl2N3O4S. The van der Waals surface area contributed by atoms with Crippen molar-refractivity contribution >= 4 is 50.7 Å². The summed E-state index contributed by atoms with van der Waals surface area (Å²) in [6, 6.07) is 17.7. The van der Waals surface area contributed by atoms with Crippen molar-refractivity contribution in [3.8, 4) is 0 Å². The van der Waals surface area contributed by atoms with E-state index in [0.717, 1.165) is 46.7 Å². The summed E-state index contributed by atoms with van der Waals surface area (Å²) < 4.78 is 28.9. The number of hydrogen-bond acceptors (Lipinski definition) is 4. The normalized spacial score (nSPS) is 14.5. The number of sulfonamides is 1. The lowest BCUT2D eigenvalue weighted by Crippen LogP contribution is -2.52. The maximum absolute atomic E-state index is 14.1. The predicted octanol–water partition coefficient (Wildman–Crippen LogP) is 6.28. The van der Waals surface area contributed by atoms with Crippen LogP contribution < -0.4 is 9.62 Å². The molecule has 1 fully saturated rings. The number of rotatable bonds is 10. The Labute approximate surface area is 252 Å². The first-order chi connectivity index (χ1) is 19.4. The van der Waals surface area contributed by atoms with Gasteiger partial charge in [0.2, 0.25) is 11.8 Å². The Kier molecular flexibility index (Phi) is 10.00. The Morgan fingerprint density at radius 3 is 2.17 bits per heavy atom. The molecule has 0 aliphatic heterocycles. The Morgan fingerprint density at radius 1 is 0.927 bits per heavy atom. The molecule has 0 saturated heterocycles. The van der Waals surface area contributed by atoms with Crippen molar-refractivity contribution in [1.29, 1.82) is 0 Å². The van der Waals surface area contributed by atoms with Gasteiger partial charge in [0.15, 0.2) is 0 Å². The van der Waals surface area contributed by atoms with E-state index in [9.17, 15) is 18.0 Å². The first kappa shape index (κ1) is 30.9. The molecule has 1 atom stereocenters. The van der Waals surface area contributed by atoms with Crippen LogP contribution in [0.15, 0.2) is 71.6 Å². The molecule has 3 aromatic carbocycles. The summed E-state index contributed by atoms with van der Waals surface area (Å²) in [4.78, 5) is 28.9. The minimum Gasteiger partial charge on any atom is -0.352 e. The largest absolute Gasteiger partial charge is 0.352 e. The van der Waals surface area contributed by atoms with Crippen LogP contribution in [0.2, 0.25) is 10.0 Å². The van der Waals surface area contributed by atoms with E-state index in [4.69, 9.17) is 23.2 Å². The molecule has 0 spiro atoms. The van der Waals surface area contributed by atoms with Crippen molar-refractivity contribution in [2.75, 3.05) is 10.8 Å². The van der Waals surface area contributed by atoms with E-state index in [2.05, 4.69) is 5.32 Å².